The third-order valence-corrected chi connectivity index (χ3v) is 5.87. The summed E-state index contributed by atoms with van der Waals surface area (Å²) in [6.45, 7) is 22.6. The number of rotatable bonds is 7. The maximum atomic E-state index is 11.6. The fourth-order valence-electron chi connectivity index (χ4n) is 1.73. The van der Waals surface area contributed by atoms with Gasteiger partial charge in [0.2, 0.25) is 6.10 Å². The van der Waals surface area contributed by atoms with E-state index in [1.807, 2.05) is 55.4 Å². The minimum atomic E-state index is -0.722. The quantitative estimate of drug-likeness (QED) is 0.366. The van der Waals surface area contributed by atoms with E-state index < -0.39 is 28.9 Å². The van der Waals surface area contributed by atoms with Crippen LogP contribution in [0.3, 0.4) is 0 Å². The van der Waals surface area contributed by atoms with E-state index in [4.69, 9.17) is 19.3 Å². The summed E-state index contributed by atoms with van der Waals surface area (Å²) in [5.74, 6) is -1.59. The van der Waals surface area contributed by atoms with Crippen molar-refractivity contribution in [2.24, 2.45) is 16.2 Å². The largest absolute Gasteiger partial charge is 0.481 e. The van der Waals surface area contributed by atoms with Crippen molar-refractivity contribution < 1.29 is 38.5 Å². The van der Waals surface area contributed by atoms with E-state index >= 15 is 0 Å². The second kappa shape index (κ2) is 13.7. The average Bonchev–Trinajstić information content (AvgIpc) is 3.11. The number of esters is 3. The zero-order valence-electron chi connectivity index (χ0n) is 23.4. The van der Waals surface area contributed by atoms with E-state index in [9.17, 15) is 19.2 Å². The van der Waals surface area contributed by atoms with Gasteiger partial charge in [-0.25, -0.2) is 4.79 Å². The number of carboxylic acids is 1. The van der Waals surface area contributed by atoms with Gasteiger partial charge in [0.15, 0.2) is 0 Å². The first kappa shape index (κ1) is 34.0. The van der Waals surface area contributed by atoms with E-state index in [0.717, 1.165) is 6.42 Å². The molecule has 0 aliphatic carbocycles. The Morgan fingerprint density at radius 2 is 1.24 bits per heavy atom. The molecule has 1 aliphatic rings. The number of hydrogen-bond acceptors (Lipinski definition) is 7. The van der Waals surface area contributed by atoms with Crippen LogP contribution in [0.1, 0.15) is 109 Å². The van der Waals surface area contributed by atoms with Crippen molar-refractivity contribution in [3.05, 3.63) is 0 Å². The molecule has 1 saturated heterocycles. The van der Waals surface area contributed by atoms with Crippen molar-refractivity contribution in [3.8, 4) is 0 Å². The first-order valence-electron chi connectivity index (χ1n) is 12.0. The first-order chi connectivity index (χ1) is 15.2. The van der Waals surface area contributed by atoms with Crippen LogP contribution in [0.5, 0.6) is 0 Å². The summed E-state index contributed by atoms with van der Waals surface area (Å²) < 4.78 is 15.0. The van der Waals surface area contributed by atoms with Crippen LogP contribution in [0.2, 0.25) is 0 Å². The lowest BCUT2D eigenvalue weighted by Gasteiger charge is -2.27. The number of cyclic esters (lactones) is 1. The van der Waals surface area contributed by atoms with Crippen LogP contribution in [0.25, 0.3) is 0 Å². The minimum absolute atomic E-state index is 0.113. The molecule has 1 atom stereocenters. The summed E-state index contributed by atoms with van der Waals surface area (Å²) in [4.78, 5) is 44.3. The molecule has 1 unspecified atom stereocenters. The van der Waals surface area contributed by atoms with Crippen molar-refractivity contribution in [1.29, 1.82) is 0 Å². The lowest BCUT2D eigenvalue weighted by atomic mass is 9.90. The monoisotopic (exact) mass is 488 g/mol. The Morgan fingerprint density at radius 1 is 0.824 bits per heavy atom. The second-order valence-electron chi connectivity index (χ2n) is 11.4. The zero-order valence-corrected chi connectivity index (χ0v) is 23.4. The molecular formula is C26H48O8. The van der Waals surface area contributed by atoms with Gasteiger partial charge in [0.05, 0.1) is 22.9 Å². The number of ether oxygens (including phenoxy) is 3. The van der Waals surface area contributed by atoms with Crippen LogP contribution in [0.4, 0.5) is 0 Å². The SMILES string of the molecule is CCC(C)(C)C(=O)O.CCC(C)(C)C(=O)OC(C)(C)C.CCC(C)(C)C(=O)OC1CCOC1=O. The number of carbonyl (C=O) groups is 4. The molecule has 1 rings (SSSR count). The third kappa shape index (κ3) is 12.9. The Hall–Kier alpha value is -2.12. The predicted octanol–water partition coefficient (Wildman–Crippen LogP) is 5.55. The summed E-state index contributed by atoms with van der Waals surface area (Å²) in [6.07, 6.45) is 1.97. The fourth-order valence-corrected chi connectivity index (χ4v) is 1.73. The van der Waals surface area contributed by atoms with Crippen molar-refractivity contribution in [2.45, 2.75) is 120 Å². The molecule has 0 radical (unpaired) electrons. The molecule has 34 heavy (non-hydrogen) atoms. The summed E-state index contributed by atoms with van der Waals surface area (Å²) in [6, 6.07) is 0. The molecular weight excluding hydrogens is 440 g/mol. The predicted molar refractivity (Wildman–Crippen MR) is 131 cm³/mol. The molecule has 0 aromatic rings. The Balaban J connectivity index is 0. The molecule has 0 saturated carbocycles. The van der Waals surface area contributed by atoms with Gasteiger partial charge in [-0.1, -0.05) is 20.8 Å². The van der Waals surface area contributed by atoms with Gasteiger partial charge in [0.1, 0.15) is 5.60 Å². The molecule has 0 aromatic carbocycles. The van der Waals surface area contributed by atoms with Crippen LogP contribution in [-0.4, -0.2) is 47.3 Å². The van der Waals surface area contributed by atoms with Crippen LogP contribution in [0.15, 0.2) is 0 Å². The van der Waals surface area contributed by atoms with Gasteiger partial charge >= 0.3 is 23.9 Å². The Morgan fingerprint density at radius 3 is 1.50 bits per heavy atom. The van der Waals surface area contributed by atoms with Gasteiger partial charge in [-0.3, -0.25) is 14.4 Å². The summed E-state index contributed by atoms with van der Waals surface area (Å²) in [5.41, 5.74) is -1.79. The third-order valence-electron chi connectivity index (χ3n) is 5.87. The van der Waals surface area contributed by atoms with Gasteiger partial charge in [-0.15, -0.1) is 0 Å². The Kier molecular flexibility index (Phi) is 13.7. The first-order valence-corrected chi connectivity index (χ1v) is 12.0. The van der Waals surface area contributed by atoms with Gasteiger partial charge in [-0.05, 0) is 81.6 Å². The highest BCUT2D eigenvalue weighted by Crippen LogP contribution is 2.25. The molecule has 1 aliphatic heterocycles. The topological polar surface area (TPSA) is 116 Å². The summed E-state index contributed by atoms with van der Waals surface area (Å²) >= 11 is 0. The van der Waals surface area contributed by atoms with E-state index in [1.165, 1.54) is 0 Å². The minimum Gasteiger partial charge on any atom is -0.481 e. The lowest BCUT2D eigenvalue weighted by molar-refractivity contribution is -0.167. The lowest BCUT2D eigenvalue weighted by Crippen LogP contribution is -2.33. The smallest absolute Gasteiger partial charge is 0.347 e. The standard InChI is InChI=1S/C10H16O4.C10H20O2.C6H12O2/c1-4-10(2,3)9(12)14-7-5-6-13-8(7)11;1-7-10(5,6)8(11)12-9(2,3)4;1-4-6(2,3)5(7)8/h7H,4-6H2,1-3H3;7H2,1-6H3;4H2,1-3H3,(H,7,8). The van der Waals surface area contributed by atoms with Gasteiger partial charge in [0.25, 0.3) is 0 Å². The van der Waals surface area contributed by atoms with Gasteiger partial charge < -0.3 is 19.3 Å². The highest BCUT2D eigenvalue weighted by atomic mass is 16.6. The van der Waals surface area contributed by atoms with Gasteiger partial charge in [-0.2, -0.15) is 0 Å². The second-order valence-corrected chi connectivity index (χ2v) is 11.4. The van der Waals surface area contributed by atoms with Crippen LogP contribution >= 0.6 is 0 Å². The van der Waals surface area contributed by atoms with Crippen LogP contribution < -0.4 is 0 Å². The van der Waals surface area contributed by atoms with Crippen molar-refractivity contribution in [3.63, 3.8) is 0 Å². The average molecular weight is 489 g/mol. The molecule has 0 amide bonds. The number of hydrogen-bond donors (Lipinski definition) is 1. The van der Waals surface area contributed by atoms with E-state index in [2.05, 4.69) is 0 Å². The summed E-state index contributed by atoms with van der Waals surface area (Å²) in [5, 5.41) is 8.44. The molecule has 200 valence electrons. The maximum absolute atomic E-state index is 11.6. The summed E-state index contributed by atoms with van der Waals surface area (Å²) in [7, 11) is 0. The number of carboxylic acid groups (broad SMARTS) is 1. The van der Waals surface area contributed by atoms with E-state index in [0.29, 0.717) is 25.9 Å². The Bertz CT molecular complexity index is 683. The number of carbonyl (C=O) groups excluding carboxylic acids is 3. The molecule has 1 heterocycles. The van der Waals surface area contributed by atoms with Crippen LogP contribution in [-0.2, 0) is 33.4 Å². The molecule has 0 bridgehead atoms. The molecule has 0 spiro atoms. The highest BCUT2D eigenvalue weighted by Gasteiger charge is 2.35. The van der Waals surface area contributed by atoms with Crippen molar-refractivity contribution >= 4 is 23.9 Å². The highest BCUT2D eigenvalue weighted by molar-refractivity contribution is 5.82. The Labute approximate surface area is 206 Å². The maximum Gasteiger partial charge on any atom is 0.347 e. The van der Waals surface area contributed by atoms with Gasteiger partial charge in [0, 0.05) is 6.42 Å². The van der Waals surface area contributed by atoms with E-state index in [1.54, 1.807) is 27.7 Å². The van der Waals surface area contributed by atoms with E-state index in [-0.39, 0.29) is 23.0 Å². The molecule has 1 fully saturated rings. The normalized spacial score (nSPS) is 16.2. The number of aliphatic carboxylic acids is 1. The zero-order chi connectivity index (χ0) is 27.5. The molecule has 1 N–H and O–H groups in total. The molecule has 8 nitrogen and oxygen atoms in total. The van der Waals surface area contributed by atoms with Crippen LogP contribution in [0, 0.1) is 16.2 Å². The van der Waals surface area contributed by atoms with Crippen molar-refractivity contribution in [1.82, 2.24) is 0 Å². The molecule has 8 heteroatoms. The van der Waals surface area contributed by atoms with Crippen molar-refractivity contribution in [2.75, 3.05) is 6.61 Å². The fraction of sp³-hybridized carbons (Fsp3) is 0.846. The molecule has 0 aromatic heterocycles.